The predicted octanol–water partition coefficient (Wildman–Crippen LogP) is 12.1. The summed E-state index contributed by atoms with van der Waals surface area (Å²) in [6, 6.07) is 36.5. The van der Waals surface area contributed by atoms with Gasteiger partial charge in [0, 0.05) is 22.3 Å². The predicted molar refractivity (Wildman–Crippen MR) is 268 cm³/mol. The van der Waals surface area contributed by atoms with E-state index in [1.165, 1.54) is 22.3 Å². The Kier molecular flexibility index (Phi) is 10.7. The Hall–Kier alpha value is -8.04. The number of hydrogen-bond donors (Lipinski definition) is 0. The van der Waals surface area contributed by atoms with E-state index in [0.717, 1.165) is 129 Å². The summed E-state index contributed by atoms with van der Waals surface area (Å²) in [4.78, 5) is 0. The summed E-state index contributed by atoms with van der Waals surface area (Å²) in [5.74, 6) is 29.9. The minimum atomic E-state index is -0.159. The molecule has 4 aromatic heterocycles. The number of aromatic nitrogens is 4. The molecule has 4 aliphatic rings. The van der Waals surface area contributed by atoms with E-state index in [4.69, 9.17) is 18.1 Å². The zero-order valence-electron chi connectivity index (χ0n) is 40.9. The van der Waals surface area contributed by atoms with E-state index in [9.17, 15) is 0 Å². The second-order valence-corrected chi connectivity index (χ2v) is 20.3. The van der Waals surface area contributed by atoms with Crippen molar-refractivity contribution in [3.63, 3.8) is 0 Å². The molecule has 0 saturated heterocycles. The largest absolute Gasteiger partial charge is 0.360 e. The van der Waals surface area contributed by atoms with Crippen molar-refractivity contribution >= 4 is 0 Å². The van der Waals surface area contributed by atoms with Gasteiger partial charge < -0.3 is 18.1 Å². The summed E-state index contributed by atoms with van der Waals surface area (Å²) in [7, 11) is 0. The van der Waals surface area contributed by atoms with E-state index in [-0.39, 0.29) is 21.7 Å². The highest BCUT2D eigenvalue weighted by Gasteiger charge is 2.69. The Morgan fingerprint density at radius 1 is 0.286 bits per heavy atom. The standard InChI is InChI=1S/C62H52N4O4/c1-39-55(43(5)67-63-39)29-17-47-9-21-51(22-10-47)59-33-60(52-23-11-48(12-24-52)18-30-56-40(2)64-68-44(56)6)36-61(34-59,53-25-13-49(14-26-53)19-31-57-41(3)65-69-45(57)7)38-62(35-59,37-60)54-27-15-50(16-28-54)20-32-58-42(4)66-70-46(58)8/h9-16,21-28H,33-38H2,1-8H3. The van der Waals surface area contributed by atoms with Crippen LogP contribution in [0.1, 0.15) is 151 Å². The first-order valence-corrected chi connectivity index (χ1v) is 24.0. The third-order valence-electron chi connectivity index (χ3n) is 15.5. The lowest BCUT2D eigenvalue weighted by Crippen LogP contribution is -2.67. The molecule has 0 unspecified atom stereocenters. The summed E-state index contributed by atoms with van der Waals surface area (Å²) in [6.45, 7) is 15.4. The molecule has 344 valence electrons. The molecule has 0 spiro atoms. The summed E-state index contributed by atoms with van der Waals surface area (Å²) in [6.07, 6.45) is 6.16. The lowest BCUT2D eigenvalue weighted by molar-refractivity contribution is -0.0691. The summed E-state index contributed by atoms with van der Waals surface area (Å²) >= 11 is 0. The fraction of sp³-hybridized carbons (Fsp3) is 0.290. The Bertz CT molecular complexity index is 3010. The van der Waals surface area contributed by atoms with Crippen molar-refractivity contribution in [3.05, 3.63) is 210 Å². The van der Waals surface area contributed by atoms with Gasteiger partial charge >= 0.3 is 0 Å². The molecule has 0 N–H and O–H groups in total. The number of rotatable bonds is 4. The topological polar surface area (TPSA) is 104 Å². The van der Waals surface area contributed by atoms with Crippen molar-refractivity contribution in [2.45, 2.75) is 116 Å². The second-order valence-electron chi connectivity index (χ2n) is 20.3. The number of benzene rings is 4. The van der Waals surface area contributed by atoms with Gasteiger partial charge in [0.25, 0.3) is 0 Å². The van der Waals surface area contributed by atoms with Gasteiger partial charge in [-0.2, -0.15) is 0 Å². The fourth-order valence-electron chi connectivity index (χ4n) is 12.7. The molecule has 0 aliphatic heterocycles. The normalized spacial score (nSPS) is 21.7. The Balaban J connectivity index is 1.05. The average Bonchev–Trinajstić information content (AvgIpc) is 4.08. The van der Waals surface area contributed by atoms with E-state index in [1.807, 2.05) is 55.4 Å². The first-order chi connectivity index (χ1) is 33.7. The van der Waals surface area contributed by atoms with Crippen LogP contribution in [0.3, 0.4) is 0 Å². The molecule has 0 atom stereocenters. The first-order valence-electron chi connectivity index (χ1n) is 24.0. The molecule has 4 saturated carbocycles. The van der Waals surface area contributed by atoms with Crippen molar-refractivity contribution in [1.82, 2.24) is 20.6 Å². The third kappa shape index (κ3) is 7.75. The van der Waals surface area contributed by atoms with Crippen molar-refractivity contribution in [2.24, 2.45) is 0 Å². The fourth-order valence-corrected chi connectivity index (χ4v) is 12.7. The maximum absolute atomic E-state index is 5.42. The van der Waals surface area contributed by atoms with Crippen molar-refractivity contribution in [1.29, 1.82) is 0 Å². The van der Waals surface area contributed by atoms with E-state index in [2.05, 4.69) is 165 Å². The average molecular weight is 917 g/mol. The lowest BCUT2D eigenvalue weighted by atomic mass is 9.32. The summed E-state index contributed by atoms with van der Waals surface area (Å²) in [5.41, 5.74) is 15.2. The Labute approximate surface area is 409 Å². The van der Waals surface area contributed by atoms with Gasteiger partial charge in [-0.1, -0.05) is 117 Å². The molecule has 8 heteroatoms. The quantitative estimate of drug-likeness (QED) is 0.161. The number of nitrogens with zero attached hydrogens (tertiary/aromatic N) is 4. The molecule has 12 rings (SSSR count). The van der Waals surface area contributed by atoms with Gasteiger partial charge in [-0.05, 0) is 186 Å². The zero-order chi connectivity index (χ0) is 48.4. The van der Waals surface area contributed by atoms with Gasteiger partial charge in [-0.25, -0.2) is 0 Å². The zero-order valence-corrected chi connectivity index (χ0v) is 40.9. The Morgan fingerprint density at radius 3 is 0.629 bits per heavy atom. The molecule has 0 radical (unpaired) electrons. The van der Waals surface area contributed by atoms with Crippen LogP contribution in [-0.2, 0) is 21.7 Å². The molecule has 4 aliphatic carbocycles. The van der Waals surface area contributed by atoms with Crippen molar-refractivity contribution < 1.29 is 18.1 Å². The van der Waals surface area contributed by atoms with Gasteiger partial charge in [0.15, 0.2) is 0 Å². The van der Waals surface area contributed by atoms with Crippen LogP contribution >= 0.6 is 0 Å². The van der Waals surface area contributed by atoms with Gasteiger partial charge in [0.1, 0.15) is 23.0 Å². The summed E-state index contributed by atoms with van der Waals surface area (Å²) in [5, 5.41) is 16.5. The molecule has 8 aromatic rings. The third-order valence-corrected chi connectivity index (χ3v) is 15.5. The molecule has 70 heavy (non-hydrogen) atoms. The molecule has 8 nitrogen and oxygen atoms in total. The van der Waals surface area contributed by atoms with Gasteiger partial charge in [0.2, 0.25) is 0 Å². The van der Waals surface area contributed by atoms with Crippen LogP contribution in [0.25, 0.3) is 0 Å². The highest BCUT2D eigenvalue weighted by atomic mass is 16.5. The molecule has 4 heterocycles. The molecule has 0 amide bonds. The van der Waals surface area contributed by atoms with Crippen molar-refractivity contribution in [2.75, 3.05) is 0 Å². The van der Waals surface area contributed by atoms with E-state index in [0.29, 0.717) is 0 Å². The smallest absolute Gasteiger partial charge is 0.149 e. The van der Waals surface area contributed by atoms with Crippen molar-refractivity contribution in [3.8, 4) is 47.4 Å². The van der Waals surface area contributed by atoms with Crippen LogP contribution in [0.15, 0.2) is 115 Å². The van der Waals surface area contributed by atoms with Gasteiger partial charge in [-0.15, -0.1) is 0 Å². The van der Waals surface area contributed by atoms with Gasteiger partial charge in [0.05, 0.1) is 45.0 Å². The maximum atomic E-state index is 5.42. The monoisotopic (exact) mass is 916 g/mol. The molecule has 4 bridgehead atoms. The summed E-state index contributed by atoms with van der Waals surface area (Å²) < 4.78 is 21.7. The Morgan fingerprint density at radius 2 is 0.471 bits per heavy atom. The second kappa shape index (κ2) is 16.9. The van der Waals surface area contributed by atoms with E-state index in [1.54, 1.807) is 0 Å². The number of aryl methyl sites for hydroxylation is 8. The van der Waals surface area contributed by atoms with E-state index >= 15 is 0 Å². The molecule has 4 fully saturated rings. The SMILES string of the molecule is Cc1noc(C)c1C#Cc1ccc(C23CC4(c5ccc(C#Cc6c(C)noc6C)cc5)CC(c5ccc(C#Cc6c(C)noc6C)cc5)(C2)CC(c2ccc(C#Cc5c(C)noc5C)cc2)(C3)C4)cc1. The molecule has 4 aromatic carbocycles. The van der Waals surface area contributed by atoms with Crippen LogP contribution in [0.4, 0.5) is 0 Å². The van der Waals surface area contributed by atoms with E-state index < -0.39 is 0 Å². The minimum Gasteiger partial charge on any atom is -0.360 e. The first kappa shape index (κ1) is 44.5. The van der Waals surface area contributed by atoms with Crippen LogP contribution in [0.2, 0.25) is 0 Å². The lowest BCUT2D eigenvalue weighted by Gasteiger charge is -2.71. The van der Waals surface area contributed by atoms with Gasteiger partial charge in [-0.3, -0.25) is 0 Å². The molecular weight excluding hydrogens is 865 g/mol. The molecular formula is C62H52N4O4. The van der Waals surface area contributed by atoms with Crippen LogP contribution in [-0.4, -0.2) is 20.6 Å². The minimum absolute atomic E-state index is 0.159. The highest BCUT2D eigenvalue weighted by Crippen LogP contribution is 2.74. The number of hydrogen-bond acceptors (Lipinski definition) is 8. The van der Waals surface area contributed by atoms with Crippen LogP contribution in [0.5, 0.6) is 0 Å². The highest BCUT2D eigenvalue weighted by molar-refractivity contribution is 5.55. The van der Waals surface area contributed by atoms with Crippen LogP contribution < -0.4 is 0 Å². The van der Waals surface area contributed by atoms with Crippen LogP contribution in [0, 0.1) is 103 Å². The maximum Gasteiger partial charge on any atom is 0.149 e.